The molecule has 3 aromatic carbocycles. The monoisotopic (exact) mass is 434 g/mol. The minimum absolute atomic E-state index is 0.0599. The van der Waals surface area contributed by atoms with Crippen LogP contribution in [0, 0.1) is 15.9 Å². The number of halogens is 1. The standard InChI is InChI=1S/C22H15FN4O5/c23-15-7-9-16(10-8-15)24-19-4-2-1-3-18(19)22(28)31-13-20-25-26-21(32-20)14-5-11-17(12-6-14)27(29)30/h1-12,24H,13H2. The summed E-state index contributed by atoms with van der Waals surface area (Å²) in [7, 11) is 0. The third-order valence-corrected chi connectivity index (χ3v) is 4.39. The van der Waals surface area contributed by atoms with Gasteiger partial charge in [-0.2, -0.15) is 0 Å². The topological polar surface area (TPSA) is 120 Å². The molecule has 0 aliphatic rings. The third kappa shape index (κ3) is 4.75. The predicted molar refractivity (Wildman–Crippen MR) is 112 cm³/mol. The first-order chi connectivity index (χ1) is 15.5. The molecule has 4 aromatic rings. The smallest absolute Gasteiger partial charge is 0.340 e. The van der Waals surface area contributed by atoms with Crippen molar-refractivity contribution in [1.29, 1.82) is 0 Å². The van der Waals surface area contributed by atoms with Gasteiger partial charge in [0, 0.05) is 23.4 Å². The molecule has 9 nitrogen and oxygen atoms in total. The van der Waals surface area contributed by atoms with Crippen LogP contribution in [0.1, 0.15) is 16.2 Å². The molecule has 0 bridgehead atoms. The first kappa shape index (κ1) is 20.7. The van der Waals surface area contributed by atoms with Crippen LogP contribution in [0.4, 0.5) is 21.5 Å². The molecule has 0 unspecified atom stereocenters. The van der Waals surface area contributed by atoms with E-state index in [2.05, 4.69) is 15.5 Å². The molecule has 0 aliphatic heterocycles. The highest BCUT2D eigenvalue weighted by Crippen LogP contribution is 2.24. The number of carbonyl (C=O) groups is 1. The van der Waals surface area contributed by atoms with Gasteiger partial charge in [0.1, 0.15) is 5.82 Å². The van der Waals surface area contributed by atoms with E-state index >= 15 is 0 Å². The number of aromatic nitrogens is 2. The number of nitrogens with zero attached hydrogens (tertiary/aromatic N) is 3. The maximum atomic E-state index is 13.1. The van der Waals surface area contributed by atoms with E-state index in [-0.39, 0.29) is 35.5 Å². The summed E-state index contributed by atoms with van der Waals surface area (Å²) in [6, 6.07) is 18.0. The van der Waals surface area contributed by atoms with Crippen LogP contribution in [-0.2, 0) is 11.3 Å². The number of anilines is 2. The first-order valence-electron chi connectivity index (χ1n) is 9.35. The number of benzene rings is 3. The maximum absolute atomic E-state index is 13.1. The van der Waals surface area contributed by atoms with E-state index in [9.17, 15) is 19.3 Å². The van der Waals surface area contributed by atoms with Crippen LogP contribution in [0.3, 0.4) is 0 Å². The van der Waals surface area contributed by atoms with E-state index in [1.165, 1.54) is 36.4 Å². The lowest BCUT2D eigenvalue weighted by Gasteiger charge is -2.11. The van der Waals surface area contributed by atoms with Gasteiger partial charge in [0.25, 0.3) is 11.6 Å². The summed E-state index contributed by atoms with van der Waals surface area (Å²) in [4.78, 5) is 22.8. The third-order valence-electron chi connectivity index (χ3n) is 4.39. The van der Waals surface area contributed by atoms with Gasteiger partial charge in [-0.1, -0.05) is 12.1 Å². The zero-order valence-electron chi connectivity index (χ0n) is 16.4. The Labute approximate surface area is 180 Å². The molecule has 10 heteroatoms. The van der Waals surface area contributed by atoms with Crippen molar-refractivity contribution < 1.29 is 23.3 Å². The molecule has 4 rings (SSSR count). The van der Waals surface area contributed by atoms with E-state index in [4.69, 9.17) is 9.15 Å². The number of para-hydroxylation sites is 1. The van der Waals surface area contributed by atoms with Crippen LogP contribution in [0.5, 0.6) is 0 Å². The summed E-state index contributed by atoms with van der Waals surface area (Å²) in [5, 5.41) is 21.5. The van der Waals surface area contributed by atoms with Gasteiger partial charge in [-0.05, 0) is 48.5 Å². The number of rotatable bonds is 7. The lowest BCUT2D eigenvalue weighted by atomic mass is 10.1. The summed E-state index contributed by atoms with van der Waals surface area (Å²) in [5.74, 6) is -0.777. The highest BCUT2D eigenvalue weighted by atomic mass is 19.1. The maximum Gasteiger partial charge on any atom is 0.340 e. The van der Waals surface area contributed by atoms with E-state index in [1.54, 1.807) is 36.4 Å². The molecule has 32 heavy (non-hydrogen) atoms. The molecule has 1 N–H and O–H groups in total. The summed E-state index contributed by atoms with van der Waals surface area (Å²) in [6.07, 6.45) is 0. The molecule has 160 valence electrons. The summed E-state index contributed by atoms with van der Waals surface area (Å²) in [5.41, 5.74) is 1.80. The van der Waals surface area contributed by atoms with Gasteiger partial charge in [0.2, 0.25) is 5.89 Å². The molecular formula is C22H15FN4O5. The number of ether oxygens (including phenoxy) is 1. The highest BCUT2D eigenvalue weighted by molar-refractivity contribution is 5.96. The number of carbonyl (C=O) groups excluding carboxylic acids is 1. The van der Waals surface area contributed by atoms with E-state index in [0.29, 0.717) is 16.9 Å². The van der Waals surface area contributed by atoms with Crippen LogP contribution in [0.2, 0.25) is 0 Å². The van der Waals surface area contributed by atoms with Crippen molar-refractivity contribution in [3.05, 3.63) is 100 Å². The Kier molecular flexibility index (Phi) is 5.84. The molecule has 0 saturated carbocycles. The number of nitro groups is 1. The Bertz CT molecular complexity index is 1260. The van der Waals surface area contributed by atoms with Crippen LogP contribution >= 0.6 is 0 Å². The molecule has 0 radical (unpaired) electrons. The van der Waals surface area contributed by atoms with Crippen molar-refractivity contribution in [2.75, 3.05) is 5.32 Å². The lowest BCUT2D eigenvalue weighted by molar-refractivity contribution is -0.384. The van der Waals surface area contributed by atoms with Crippen LogP contribution in [0.25, 0.3) is 11.5 Å². The van der Waals surface area contributed by atoms with Crippen LogP contribution in [0.15, 0.2) is 77.2 Å². The molecular weight excluding hydrogens is 419 g/mol. The van der Waals surface area contributed by atoms with Gasteiger partial charge in [-0.25, -0.2) is 9.18 Å². The number of hydrogen-bond donors (Lipinski definition) is 1. The minimum Gasteiger partial charge on any atom is -0.452 e. The van der Waals surface area contributed by atoms with Crippen molar-refractivity contribution in [1.82, 2.24) is 10.2 Å². The lowest BCUT2D eigenvalue weighted by Crippen LogP contribution is -2.08. The van der Waals surface area contributed by atoms with Crippen molar-refractivity contribution >= 4 is 23.0 Å². The van der Waals surface area contributed by atoms with Crippen molar-refractivity contribution in [3.8, 4) is 11.5 Å². The SMILES string of the molecule is O=C(OCc1nnc(-c2ccc([N+](=O)[O-])cc2)o1)c1ccccc1Nc1ccc(F)cc1. The number of hydrogen-bond acceptors (Lipinski definition) is 8. The molecule has 0 amide bonds. The fraction of sp³-hybridized carbons (Fsp3) is 0.0455. The average molecular weight is 434 g/mol. The molecule has 0 saturated heterocycles. The fourth-order valence-corrected chi connectivity index (χ4v) is 2.82. The Balaban J connectivity index is 1.42. The second-order valence-corrected chi connectivity index (χ2v) is 6.56. The molecule has 0 aliphatic carbocycles. The fourth-order valence-electron chi connectivity index (χ4n) is 2.82. The minimum atomic E-state index is -0.620. The quantitative estimate of drug-likeness (QED) is 0.248. The second-order valence-electron chi connectivity index (χ2n) is 6.56. The zero-order chi connectivity index (χ0) is 22.5. The summed E-state index contributed by atoms with van der Waals surface area (Å²) in [6.45, 7) is -0.260. The Morgan fingerprint density at radius 3 is 2.47 bits per heavy atom. The van der Waals surface area contributed by atoms with Gasteiger partial charge < -0.3 is 14.5 Å². The Morgan fingerprint density at radius 2 is 1.75 bits per heavy atom. The van der Waals surface area contributed by atoms with Gasteiger partial charge in [0.05, 0.1) is 16.2 Å². The molecule has 0 spiro atoms. The number of nitro benzene ring substituents is 1. The van der Waals surface area contributed by atoms with E-state index in [1.807, 2.05) is 0 Å². The van der Waals surface area contributed by atoms with E-state index < -0.39 is 10.9 Å². The van der Waals surface area contributed by atoms with Gasteiger partial charge in [0.15, 0.2) is 6.61 Å². The van der Waals surface area contributed by atoms with E-state index in [0.717, 1.165) is 0 Å². The number of non-ortho nitro benzene ring substituents is 1. The summed E-state index contributed by atoms with van der Waals surface area (Å²) >= 11 is 0. The van der Waals surface area contributed by atoms with Crippen LogP contribution in [-0.4, -0.2) is 21.1 Å². The number of esters is 1. The van der Waals surface area contributed by atoms with Crippen molar-refractivity contribution in [2.45, 2.75) is 6.61 Å². The van der Waals surface area contributed by atoms with Crippen molar-refractivity contribution in [2.24, 2.45) is 0 Å². The molecule has 0 fully saturated rings. The largest absolute Gasteiger partial charge is 0.452 e. The number of nitrogens with one attached hydrogen (secondary N) is 1. The molecule has 1 heterocycles. The predicted octanol–water partition coefficient (Wildman–Crippen LogP) is 4.88. The normalized spacial score (nSPS) is 10.5. The second kappa shape index (κ2) is 9.04. The highest BCUT2D eigenvalue weighted by Gasteiger charge is 2.16. The first-order valence-corrected chi connectivity index (χ1v) is 9.35. The molecule has 1 aromatic heterocycles. The van der Waals surface area contributed by atoms with Crippen LogP contribution < -0.4 is 5.32 Å². The Hall–Kier alpha value is -4.60. The Morgan fingerprint density at radius 1 is 1.03 bits per heavy atom. The van der Waals surface area contributed by atoms with Crippen molar-refractivity contribution in [3.63, 3.8) is 0 Å². The van der Waals surface area contributed by atoms with Gasteiger partial charge >= 0.3 is 5.97 Å². The molecule has 0 atom stereocenters. The average Bonchev–Trinajstić information content (AvgIpc) is 3.28. The zero-order valence-corrected chi connectivity index (χ0v) is 16.4. The van der Waals surface area contributed by atoms with Gasteiger partial charge in [-0.3, -0.25) is 10.1 Å². The summed E-state index contributed by atoms with van der Waals surface area (Å²) < 4.78 is 23.9. The van der Waals surface area contributed by atoms with Gasteiger partial charge in [-0.15, -0.1) is 10.2 Å².